The van der Waals surface area contributed by atoms with Crippen LogP contribution in [-0.2, 0) is 22.9 Å². The highest BCUT2D eigenvalue weighted by molar-refractivity contribution is 7.89. The number of sulfonamides is 1. The largest absolute Gasteiger partial charge is 0.391 e. The van der Waals surface area contributed by atoms with Crippen molar-refractivity contribution in [3.63, 3.8) is 0 Å². The number of aliphatic imine (C=N–C) groups is 1. The number of fused-ring (bicyclic) bond motifs is 1. The van der Waals surface area contributed by atoms with Gasteiger partial charge < -0.3 is 10.4 Å². The molecule has 0 radical (unpaired) electrons. The van der Waals surface area contributed by atoms with Crippen LogP contribution in [0.15, 0.2) is 63.5 Å². The van der Waals surface area contributed by atoms with E-state index < -0.39 is 22.2 Å². The van der Waals surface area contributed by atoms with Gasteiger partial charge in [0.25, 0.3) is 0 Å². The van der Waals surface area contributed by atoms with Crippen molar-refractivity contribution in [1.82, 2.24) is 4.31 Å². The molecule has 0 fully saturated rings. The maximum atomic E-state index is 13.7. The van der Waals surface area contributed by atoms with Gasteiger partial charge in [0.05, 0.1) is 17.0 Å². The van der Waals surface area contributed by atoms with Crippen molar-refractivity contribution in [1.29, 1.82) is 0 Å². The summed E-state index contributed by atoms with van der Waals surface area (Å²) in [6, 6.07) is 13.7. The van der Waals surface area contributed by atoms with Crippen molar-refractivity contribution in [2.75, 3.05) is 18.4 Å². The Hall–Kier alpha value is -2.91. The maximum absolute atomic E-state index is 13.7. The number of aliphatic hydroxyl groups excluding tert-OH is 1. The number of hydrogen-bond acceptors (Lipinski definition) is 5. The summed E-state index contributed by atoms with van der Waals surface area (Å²) in [5.41, 5.74) is 11.7. The third-order valence-electron chi connectivity index (χ3n) is 5.66. The molecule has 0 aromatic heterocycles. The average molecular weight is 499 g/mol. The monoisotopic (exact) mass is 498 g/mol. The van der Waals surface area contributed by atoms with Crippen LogP contribution in [0.4, 0.5) is 5.69 Å². The molecule has 1 heterocycles. The molecule has 0 spiro atoms. The first-order valence-electron chi connectivity index (χ1n) is 11.8. The molecule has 0 saturated carbocycles. The predicted molar refractivity (Wildman–Crippen MR) is 139 cm³/mol. The van der Waals surface area contributed by atoms with Crippen molar-refractivity contribution in [3.8, 4) is 0 Å². The van der Waals surface area contributed by atoms with Crippen LogP contribution in [-0.4, -0.2) is 54.9 Å². The van der Waals surface area contributed by atoms with E-state index in [9.17, 15) is 13.5 Å². The molecule has 188 valence electrons. The molecule has 9 nitrogen and oxygen atoms in total. The van der Waals surface area contributed by atoms with Crippen LogP contribution in [0.5, 0.6) is 0 Å². The zero-order valence-corrected chi connectivity index (χ0v) is 21.5. The van der Waals surface area contributed by atoms with Crippen LogP contribution in [0.25, 0.3) is 10.4 Å². The van der Waals surface area contributed by atoms with Crippen molar-refractivity contribution >= 4 is 21.5 Å². The fourth-order valence-electron chi connectivity index (χ4n) is 4.10. The van der Waals surface area contributed by atoms with Gasteiger partial charge in [-0.05, 0) is 61.0 Å². The fraction of sp³-hybridized carbons (Fsp3) is 0.480. The van der Waals surface area contributed by atoms with E-state index in [1.54, 1.807) is 18.2 Å². The van der Waals surface area contributed by atoms with Gasteiger partial charge in [0, 0.05) is 36.2 Å². The molecular weight excluding hydrogens is 464 g/mol. The summed E-state index contributed by atoms with van der Waals surface area (Å²) < 4.78 is 28.6. The molecule has 0 unspecified atom stereocenters. The SMILES string of the molecule is CC(C)CN(C[C@@H](O)[C@H](Cc1ccccc1)N=[N+]=[N-])S(=O)(=O)c1ccc2c(c1)CC(=NC(C)C)N2. The number of rotatable bonds is 11. The summed E-state index contributed by atoms with van der Waals surface area (Å²) >= 11 is 0. The fourth-order valence-corrected chi connectivity index (χ4v) is 5.77. The van der Waals surface area contributed by atoms with E-state index in [-0.39, 0.29) is 29.9 Å². The number of nitrogens with one attached hydrogen (secondary N) is 1. The predicted octanol–water partition coefficient (Wildman–Crippen LogP) is 4.39. The molecule has 0 saturated heterocycles. The molecule has 1 aliphatic rings. The maximum Gasteiger partial charge on any atom is 0.243 e. The Labute approximate surface area is 207 Å². The normalized spacial score (nSPS) is 16.3. The number of amidine groups is 1. The Kier molecular flexibility index (Phi) is 8.91. The van der Waals surface area contributed by atoms with Crippen molar-refractivity contribution < 1.29 is 13.5 Å². The molecule has 10 heteroatoms. The Morgan fingerprint density at radius 1 is 1.11 bits per heavy atom. The minimum absolute atomic E-state index is 0.0323. The van der Waals surface area contributed by atoms with Crippen LogP contribution >= 0.6 is 0 Å². The van der Waals surface area contributed by atoms with E-state index in [1.165, 1.54) is 4.31 Å². The first-order valence-corrected chi connectivity index (χ1v) is 13.3. The minimum Gasteiger partial charge on any atom is -0.391 e. The topological polar surface area (TPSA) is 131 Å². The lowest BCUT2D eigenvalue weighted by Crippen LogP contribution is -2.43. The second-order valence-corrected chi connectivity index (χ2v) is 11.5. The van der Waals surface area contributed by atoms with Gasteiger partial charge >= 0.3 is 0 Å². The van der Waals surface area contributed by atoms with E-state index in [1.807, 2.05) is 58.0 Å². The van der Waals surface area contributed by atoms with Crippen LogP contribution in [0.3, 0.4) is 0 Å². The lowest BCUT2D eigenvalue weighted by Gasteiger charge is -2.28. The zero-order valence-electron chi connectivity index (χ0n) is 20.7. The molecule has 3 rings (SSSR count). The third kappa shape index (κ3) is 7.05. The molecule has 2 aromatic carbocycles. The number of azide groups is 1. The van der Waals surface area contributed by atoms with Gasteiger partial charge in [0.15, 0.2) is 0 Å². The number of hydrogen-bond donors (Lipinski definition) is 2. The van der Waals surface area contributed by atoms with E-state index in [4.69, 9.17) is 5.53 Å². The van der Waals surface area contributed by atoms with E-state index in [0.29, 0.717) is 12.8 Å². The number of nitrogens with zero attached hydrogens (tertiary/aromatic N) is 5. The molecule has 0 aliphatic carbocycles. The molecule has 35 heavy (non-hydrogen) atoms. The Morgan fingerprint density at radius 2 is 1.83 bits per heavy atom. The van der Waals surface area contributed by atoms with E-state index in [2.05, 4.69) is 20.3 Å². The molecule has 1 aliphatic heterocycles. The second kappa shape index (κ2) is 11.7. The van der Waals surface area contributed by atoms with E-state index in [0.717, 1.165) is 22.6 Å². The average Bonchev–Trinajstić information content (AvgIpc) is 3.19. The summed E-state index contributed by atoms with van der Waals surface area (Å²) in [4.78, 5) is 7.60. The number of benzene rings is 2. The highest BCUT2D eigenvalue weighted by Gasteiger charge is 2.31. The van der Waals surface area contributed by atoms with Crippen LogP contribution in [0, 0.1) is 5.92 Å². The molecule has 2 atom stereocenters. The minimum atomic E-state index is -3.90. The summed E-state index contributed by atoms with van der Waals surface area (Å²) in [6.07, 6.45) is -0.315. The summed E-state index contributed by atoms with van der Waals surface area (Å²) in [7, 11) is -3.90. The van der Waals surface area contributed by atoms with Gasteiger partial charge in [-0.2, -0.15) is 4.31 Å². The van der Waals surface area contributed by atoms with E-state index >= 15 is 0 Å². The number of anilines is 1. The van der Waals surface area contributed by atoms with Crippen LogP contribution in [0.2, 0.25) is 0 Å². The van der Waals surface area contributed by atoms with Gasteiger partial charge in [-0.3, -0.25) is 4.99 Å². The van der Waals surface area contributed by atoms with Crippen LogP contribution < -0.4 is 5.32 Å². The lowest BCUT2D eigenvalue weighted by molar-refractivity contribution is 0.116. The van der Waals surface area contributed by atoms with Gasteiger partial charge in [-0.1, -0.05) is 49.3 Å². The first kappa shape index (κ1) is 26.7. The molecule has 0 bridgehead atoms. The van der Waals surface area contributed by atoms with Crippen molar-refractivity contribution in [3.05, 3.63) is 70.1 Å². The highest BCUT2D eigenvalue weighted by Crippen LogP contribution is 2.29. The lowest BCUT2D eigenvalue weighted by atomic mass is 10.0. The van der Waals surface area contributed by atoms with Gasteiger partial charge in [0.1, 0.15) is 5.84 Å². The van der Waals surface area contributed by atoms with Gasteiger partial charge in [-0.25, -0.2) is 8.42 Å². The van der Waals surface area contributed by atoms with Crippen molar-refractivity contribution in [2.24, 2.45) is 16.0 Å². The third-order valence-corrected chi connectivity index (χ3v) is 7.48. The molecular formula is C25H34N6O3S. The first-order chi connectivity index (χ1) is 16.6. The Balaban J connectivity index is 1.85. The van der Waals surface area contributed by atoms with Gasteiger partial charge in [0.2, 0.25) is 10.0 Å². The second-order valence-electron chi connectivity index (χ2n) is 9.54. The van der Waals surface area contributed by atoms with Gasteiger partial charge in [-0.15, -0.1) is 0 Å². The van der Waals surface area contributed by atoms with Crippen molar-refractivity contribution in [2.45, 2.75) is 63.6 Å². The zero-order chi connectivity index (χ0) is 25.6. The summed E-state index contributed by atoms with van der Waals surface area (Å²) in [6.45, 7) is 7.87. The summed E-state index contributed by atoms with van der Waals surface area (Å²) in [5.74, 6) is 0.849. The quantitative estimate of drug-likeness (QED) is 0.270. The summed E-state index contributed by atoms with van der Waals surface area (Å²) in [5, 5.41) is 18.0. The highest BCUT2D eigenvalue weighted by atomic mass is 32.2. The molecule has 2 N–H and O–H groups in total. The number of aliphatic hydroxyl groups is 1. The standard InChI is InChI=1S/C25H34N6O3S/c1-17(2)15-31(16-24(32)23(29-30-26)12-19-8-6-5-7-9-19)35(33,34)21-10-11-22-20(13-21)14-25(28-22)27-18(3)4/h5-11,13,17-18,23-24,32H,12,14-16H2,1-4H3,(H,27,28)/t23-,24+/m0/s1. The molecule has 2 aromatic rings. The van der Waals surface area contributed by atoms with Crippen LogP contribution in [0.1, 0.15) is 38.8 Å². The smallest absolute Gasteiger partial charge is 0.243 e. The Bertz CT molecular complexity index is 1190. The Morgan fingerprint density at radius 3 is 2.46 bits per heavy atom. The molecule has 0 amide bonds.